The van der Waals surface area contributed by atoms with E-state index in [1.807, 2.05) is 24.5 Å². The van der Waals surface area contributed by atoms with Crippen molar-refractivity contribution in [1.82, 2.24) is 15.0 Å². The van der Waals surface area contributed by atoms with Gasteiger partial charge < -0.3 is 0 Å². The van der Waals surface area contributed by atoms with Gasteiger partial charge in [-0.2, -0.15) is 19.2 Å². The Bertz CT molecular complexity index is 1510. The van der Waals surface area contributed by atoms with Gasteiger partial charge in [-0.1, -0.05) is 51.9 Å². The number of unbranched alkanes of at least 4 members (excludes halogenated alkanes) is 3. The number of hydrogen-bond acceptors (Lipinski definition) is 8. The van der Waals surface area contributed by atoms with Gasteiger partial charge in [0, 0.05) is 18.0 Å². The molecule has 0 amide bonds. The number of aryl methyl sites for hydroxylation is 3. The molecular formula is C33H33N3O4S. The van der Waals surface area contributed by atoms with Gasteiger partial charge in [0.15, 0.2) is 0 Å². The maximum Gasteiger partial charge on any atom is 0.373 e. The van der Waals surface area contributed by atoms with Crippen LogP contribution in [-0.4, -0.2) is 27.3 Å². The van der Waals surface area contributed by atoms with Crippen molar-refractivity contribution in [2.24, 2.45) is 0 Å². The molecule has 0 saturated heterocycles. The van der Waals surface area contributed by atoms with Crippen LogP contribution in [0.25, 0.3) is 22.8 Å². The van der Waals surface area contributed by atoms with Crippen molar-refractivity contribution in [2.75, 3.05) is 0 Å². The van der Waals surface area contributed by atoms with Gasteiger partial charge in [-0.3, -0.25) is 9.97 Å². The molecule has 0 atom stereocenters. The Morgan fingerprint density at radius 3 is 1.93 bits per heavy atom. The summed E-state index contributed by atoms with van der Waals surface area (Å²) in [7, 11) is 0. The predicted octanol–water partition coefficient (Wildman–Crippen LogP) is 6.75. The molecule has 41 heavy (non-hydrogen) atoms. The lowest BCUT2D eigenvalue weighted by Crippen LogP contribution is -1.96. The minimum Gasteiger partial charge on any atom is -0.255 e. The number of aromatic nitrogens is 3. The zero-order valence-corrected chi connectivity index (χ0v) is 24.4. The maximum absolute atomic E-state index is 8.12. The quantitative estimate of drug-likeness (QED) is 0.163. The summed E-state index contributed by atoms with van der Waals surface area (Å²) in [5.41, 5.74) is 8.30. The molecule has 4 aromatic rings. The summed E-state index contributed by atoms with van der Waals surface area (Å²) >= 11 is 1.73. The van der Waals surface area contributed by atoms with Gasteiger partial charge in [-0.05, 0) is 90.2 Å². The SMILES string of the molecule is CCCCCCc1ccsc1C#Cc1ccnc(-c2cc(CC)cc(-c3cc(CC)ccn3)n2)c1.O=C=O.O=C=O. The molecule has 8 heteroatoms. The van der Waals surface area contributed by atoms with Crippen molar-refractivity contribution >= 4 is 23.6 Å². The minimum absolute atomic E-state index is 0.250. The van der Waals surface area contributed by atoms with Crippen LogP contribution in [0.2, 0.25) is 0 Å². The number of thiophene rings is 1. The van der Waals surface area contributed by atoms with E-state index in [0.717, 1.165) is 47.6 Å². The normalized spacial score (nSPS) is 9.54. The van der Waals surface area contributed by atoms with Crippen molar-refractivity contribution in [3.05, 3.63) is 87.4 Å². The molecule has 4 heterocycles. The molecule has 0 bridgehead atoms. The highest BCUT2D eigenvalue weighted by Gasteiger charge is 2.10. The van der Waals surface area contributed by atoms with Crippen LogP contribution in [0.4, 0.5) is 0 Å². The molecule has 0 spiro atoms. The summed E-state index contributed by atoms with van der Waals surface area (Å²) < 4.78 is 0. The van der Waals surface area contributed by atoms with Gasteiger partial charge in [0.25, 0.3) is 0 Å². The van der Waals surface area contributed by atoms with E-state index >= 15 is 0 Å². The third-order valence-corrected chi connectivity index (χ3v) is 7.05. The second-order valence-corrected chi connectivity index (χ2v) is 9.85. The predicted molar refractivity (Wildman–Crippen MR) is 158 cm³/mol. The van der Waals surface area contributed by atoms with E-state index in [1.54, 1.807) is 11.3 Å². The molecular weight excluding hydrogens is 534 g/mol. The molecule has 0 fully saturated rings. The molecule has 0 aliphatic carbocycles. The minimum atomic E-state index is 0.250. The maximum atomic E-state index is 8.12. The van der Waals surface area contributed by atoms with Gasteiger partial charge >= 0.3 is 12.3 Å². The summed E-state index contributed by atoms with van der Waals surface area (Å²) in [5.74, 6) is 6.78. The van der Waals surface area contributed by atoms with E-state index < -0.39 is 0 Å². The van der Waals surface area contributed by atoms with Crippen LogP contribution < -0.4 is 0 Å². The lowest BCUT2D eigenvalue weighted by molar-refractivity contribution is -0.193. The van der Waals surface area contributed by atoms with E-state index in [4.69, 9.17) is 24.2 Å². The Morgan fingerprint density at radius 1 is 0.683 bits per heavy atom. The molecule has 0 N–H and O–H groups in total. The van der Waals surface area contributed by atoms with Crippen LogP contribution in [0, 0.1) is 11.8 Å². The molecule has 0 unspecified atom stereocenters. The van der Waals surface area contributed by atoms with Crippen molar-refractivity contribution in [3.8, 4) is 34.6 Å². The molecule has 4 aromatic heterocycles. The molecule has 210 valence electrons. The summed E-state index contributed by atoms with van der Waals surface area (Å²) in [4.78, 5) is 47.8. The lowest BCUT2D eigenvalue weighted by atomic mass is 10.1. The average molecular weight is 568 g/mol. The Labute approximate surface area is 245 Å². The second-order valence-electron chi connectivity index (χ2n) is 8.93. The van der Waals surface area contributed by atoms with Crippen molar-refractivity contribution in [2.45, 2.75) is 65.7 Å². The molecule has 0 aliphatic rings. The van der Waals surface area contributed by atoms with Gasteiger partial charge in [0.05, 0.1) is 27.7 Å². The largest absolute Gasteiger partial charge is 0.373 e. The number of pyridine rings is 3. The molecule has 0 radical (unpaired) electrons. The van der Waals surface area contributed by atoms with Crippen molar-refractivity contribution in [3.63, 3.8) is 0 Å². The van der Waals surface area contributed by atoms with Crippen LogP contribution in [0.15, 0.2) is 60.2 Å². The number of rotatable bonds is 9. The standard InChI is InChI=1S/C31H33N3S.2CO2/c1-4-7-8-9-10-26-15-18-35-31(26)12-11-25-14-17-33-28(22-25)30-21-24(6-3)20-29(34-30)27-19-23(5-2)13-16-32-27;2*2-1-3/h13-22H,4-10H2,1-3H3;;. The monoisotopic (exact) mass is 567 g/mol. The van der Waals surface area contributed by atoms with Gasteiger partial charge in [0.2, 0.25) is 0 Å². The Morgan fingerprint density at radius 2 is 1.29 bits per heavy atom. The van der Waals surface area contributed by atoms with Crippen LogP contribution in [-0.2, 0) is 38.4 Å². The summed E-state index contributed by atoms with van der Waals surface area (Å²) in [6.07, 6.45) is 12.3. The van der Waals surface area contributed by atoms with Crippen LogP contribution in [0.5, 0.6) is 0 Å². The van der Waals surface area contributed by atoms with Gasteiger partial charge in [-0.25, -0.2) is 4.98 Å². The topological polar surface area (TPSA) is 107 Å². The fourth-order valence-corrected chi connectivity index (χ4v) is 4.85. The van der Waals surface area contributed by atoms with E-state index in [2.05, 4.69) is 78.3 Å². The first-order chi connectivity index (χ1) is 20.0. The fraction of sp³-hybridized carbons (Fsp3) is 0.303. The number of nitrogens with zero attached hydrogens (tertiary/aromatic N) is 3. The molecule has 4 rings (SSSR count). The van der Waals surface area contributed by atoms with Crippen molar-refractivity contribution in [1.29, 1.82) is 0 Å². The molecule has 0 aliphatic heterocycles. The van der Waals surface area contributed by atoms with E-state index in [0.29, 0.717) is 0 Å². The Balaban J connectivity index is 0.000000901. The van der Waals surface area contributed by atoms with Gasteiger partial charge in [0.1, 0.15) is 0 Å². The average Bonchev–Trinajstić information content (AvgIpc) is 3.46. The highest BCUT2D eigenvalue weighted by Crippen LogP contribution is 2.24. The van der Waals surface area contributed by atoms with E-state index in [9.17, 15) is 0 Å². The van der Waals surface area contributed by atoms with Gasteiger partial charge in [-0.15, -0.1) is 11.3 Å². The Hall–Kier alpha value is -4.53. The first kappa shape index (κ1) is 32.7. The third kappa shape index (κ3) is 10.9. The summed E-state index contributed by atoms with van der Waals surface area (Å²) in [5, 5.41) is 2.15. The van der Waals surface area contributed by atoms with E-state index in [-0.39, 0.29) is 12.3 Å². The Kier molecular flexibility index (Phi) is 14.9. The lowest BCUT2D eigenvalue weighted by Gasteiger charge is -2.09. The number of carbonyl (C=O) groups excluding carboxylic acids is 4. The molecule has 0 saturated carbocycles. The van der Waals surface area contributed by atoms with E-state index in [1.165, 1.54) is 47.3 Å². The number of hydrogen-bond donors (Lipinski definition) is 0. The van der Waals surface area contributed by atoms with Crippen LogP contribution in [0.3, 0.4) is 0 Å². The van der Waals surface area contributed by atoms with Crippen molar-refractivity contribution < 1.29 is 19.2 Å². The molecule has 7 nitrogen and oxygen atoms in total. The van der Waals surface area contributed by atoms with Crippen LogP contribution >= 0.6 is 11.3 Å². The highest BCUT2D eigenvalue weighted by atomic mass is 32.1. The zero-order valence-electron chi connectivity index (χ0n) is 23.6. The summed E-state index contributed by atoms with van der Waals surface area (Å²) in [6.45, 7) is 6.57. The molecule has 0 aromatic carbocycles. The second kappa shape index (κ2) is 18.7. The smallest absolute Gasteiger partial charge is 0.255 e. The summed E-state index contributed by atoms with van der Waals surface area (Å²) in [6, 6.07) is 14.7. The third-order valence-electron chi connectivity index (χ3n) is 6.18. The zero-order chi connectivity index (χ0) is 29.9. The fourth-order valence-electron chi connectivity index (χ4n) is 4.05. The highest BCUT2D eigenvalue weighted by molar-refractivity contribution is 7.10. The first-order valence-electron chi connectivity index (χ1n) is 13.5. The first-order valence-corrected chi connectivity index (χ1v) is 14.4. The van der Waals surface area contributed by atoms with Crippen LogP contribution in [0.1, 0.15) is 73.6 Å².